The second-order valence-corrected chi connectivity index (χ2v) is 4.55. The van der Waals surface area contributed by atoms with E-state index in [0.717, 1.165) is 17.6 Å². The molecule has 1 fully saturated rings. The summed E-state index contributed by atoms with van der Waals surface area (Å²) in [6, 6.07) is 0. The molecule has 1 aliphatic heterocycles. The molecule has 1 aliphatic rings. The predicted molar refractivity (Wildman–Crippen MR) is 56.4 cm³/mol. The Bertz CT molecular complexity index is 263. The Balaban J connectivity index is 1.75. The zero-order valence-electron chi connectivity index (χ0n) is 8.31. The molecule has 1 atom stereocenters. The summed E-state index contributed by atoms with van der Waals surface area (Å²) in [6.07, 6.45) is 2.61. The standard InChI is InChI=1S/C8H15N5S/c1-13-4-2-3-7(6-13)5-9-8-10-11-12-14-8/h7H,2-6H2,1H3,(H,9,10,12). The van der Waals surface area contributed by atoms with Crippen molar-refractivity contribution in [1.29, 1.82) is 0 Å². The Morgan fingerprint density at radius 3 is 3.29 bits per heavy atom. The molecule has 0 amide bonds. The van der Waals surface area contributed by atoms with Crippen LogP contribution in [0.25, 0.3) is 0 Å². The van der Waals surface area contributed by atoms with E-state index in [-0.39, 0.29) is 0 Å². The molecule has 0 aliphatic carbocycles. The van der Waals surface area contributed by atoms with Crippen molar-refractivity contribution in [3.05, 3.63) is 0 Å². The topological polar surface area (TPSA) is 53.9 Å². The molecule has 1 N–H and O–H groups in total. The number of anilines is 1. The van der Waals surface area contributed by atoms with E-state index in [1.54, 1.807) is 0 Å². The number of hydrogen-bond donors (Lipinski definition) is 1. The van der Waals surface area contributed by atoms with E-state index in [4.69, 9.17) is 0 Å². The lowest BCUT2D eigenvalue weighted by Gasteiger charge is -2.29. The van der Waals surface area contributed by atoms with Crippen LogP contribution in [0.3, 0.4) is 0 Å². The molecular weight excluding hydrogens is 198 g/mol. The number of likely N-dealkylation sites (tertiary alicyclic amines) is 1. The lowest BCUT2D eigenvalue weighted by Crippen LogP contribution is -2.35. The minimum Gasteiger partial charge on any atom is -0.359 e. The fraction of sp³-hybridized carbons (Fsp3) is 0.875. The Hall–Kier alpha value is -0.750. The lowest BCUT2D eigenvalue weighted by atomic mass is 9.99. The number of nitrogens with zero attached hydrogens (tertiary/aromatic N) is 4. The first-order valence-electron chi connectivity index (χ1n) is 4.92. The van der Waals surface area contributed by atoms with Crippen molar-refractivity contribution < 1.29 is 0 Å². The van der Waals surface area contributed by atoms with Crippen LogP contribution < -0.4 is 5.32 Å². The summed E-state index contributed by atoms with van der Waals surface area (Å²) in [5, 5.41) is 11.5. The van der Waals surface area contributed by atoms with Crippen molar-refractivity contribution in [3.63, 3.8) is 0 Å². The third-order valence-electron chi connectivity index (χ3n) is 2.56. The lowest BCUT2D eigenvalue weighted by molar-refractivity contribution is 0.217. The summed E-state index contributed by atoms with van der Waals surface area (Å²) in [4.78, 5) is 2.38. The second-order valence-electron chi connectivity index (χ2n) is 3.82. The van der Waals surface area contributed by atoms with Crippen LogP contribution in [0.2, 0.25) is 0 Å². The third kappa shape index (κ3) is 2.62. The smallest absolute Gasteiger partial charge is 0.225 e. The highest BCUT2D eigenvalue weighted by Crippen LogP contribution is 2.16. The molecule has 0 bridgehead atoms. The summed E-state index contributed by atoms with van der Waals surface area (Å²) in [5.74, 6) is 0.734. The summed E-state index contributed by atoms with van der Waals surface area (Å²) in [5.41, 5.74) is 0. The van der Waals surface area contributed by atoms with Gasteiger partial charge >= 0.3 is 0 Å². The van der Waals surface area contributed by atoms with E-state index in [2.05, 4.69) is 32.1 Å². The normalized spacial score (nSPS) is 23.6. The highest BCUT2D eigenvalue weighted by Gasteiger charge is 2.16. The van der Waals surface area contributed by atoms with E-state index >= 15 is 0 Å². The van der Waals surface area contributed by atoms with Gasteiger partial charge in [0.05, 0.1) is 0 Å². The van der Waals surface area contributed by atoms with Gasteiger partial charge in [0, 0.05) is 24.6 Å². The van der Waals surface area contributed by atoms with Gasteiger partial charge < -0.3 is 10.2 Å². The fourth-order valence-corrected chi connectivity index (χ4v) is 2.24. The van der Waals surface area contributed by atoms with Crippen molar-refractivity contribution >= 4 is 16.7 Å². The molecule has 1 aromatic rings. The summed E-state index contributed by atoms with van der Waals surface area (Å²) < 4.78 is 3.71. The average molecular weight is 213 g/mol. The van der Waals surface area contributed by atoms with E-state index in [9.17, 15) is 0 Å². The van der Waals surface area contributed by atoms with E-state index in [1.165, 1.54) is 37.5 Å². The minimum atomic E-state index is 0.734. The van der Waals surface area contributed by atoms with Crippen LogP contribution in [0.4, 0.5) is 5.13 Å². The molecule has 2 heterocycles. The molecular formula is C8H15N5S. The first-order valence-corrected chi connectivity index (χ1v) is 5.69. The summed E-state index contributed by atoms with van der Waals surface area (Å²) in [6.45, 7) is 3.40. The molecule has 2 rings (SSSR count). The van der Waals surface area contributed by atoms with Gasteiger partial charge in [0.15, 0.2) is 0 Å². The largest absolute Gasteiger partial charge is 0.359 e. The molecule has 78 valence electrons. The van der Waals surface area contributed by atoms with Gasteiger partial charge in [-0.15, -0.1) is 0 Å². The van der Waals surface area contributed by atoms with Crippen LogP contribution in [0.5, 0.6) is 0 Å². The molecule has 1 unspecified atom stereocenters. The molecule has 5 nitrogen and oxygen atoms in total. The number of rotatable bonds is 3. The Morgan fingerprint density at radius 2 is 2.57 bits per heavy atom. The third-order valence-corrected chi connectivity index (χ3v) is 3.12. The van der Waals surface area contributed by atoms with Crippen LogP contribution in [-0.2, 0) is 0 Å². The van der Waals surface area contributed by atoms with Gasteiger partial charge in [0.1, 0.15) is 0 Å². The molecule has 1 saturated heterocycles. The van der Waals surface area contributed by atoms with E-state index in [1.807, 2.05) is 0 Å². The number of piperidine rings is 1. The van der Waals surface area contributed by atoms with Gasteiger partial charge in [0.25, 0.3) is 0 Å². The Kier molecular flexibility index (Phi) is 3.26. The Labute approximate surface area is 87.7 Å². The van der Waals surface area contributed by atoms with E-state index < -0.39 is 0 Å². The number of hydrogen-bond acceptors (Lipinski definition) is 6. The molecule has 14 heavy (non-hydrogen) atoms. The fourth-order valence-electron chi connectivity index (χ4n) is 1.87. The summed E-state index contributed by atoms with van der Waals surface area (Å²) >= 11 is 1.32. The number of aromatic nitrogens is 3. The van der Waals surface area contributed by atoms with Gasteiger partial charge in [0.2, 0.25) is 5.13 Å². The minimum absolute atomic E-state index is 0.734. The molecule has 0 aromatic carbocycles. The maximum atomic E-state index is 3.85. The number of nitrogens with one attached hydrogen (secondary N) is 1. The van der Waals surface area contributed by atoms with Gasteiger partial charge in [-0.1, -0.05) is 9.59 Å². The maximum Gasteiger partial charge on any atom is 0.225 e. The van der Waals surface area contributed by atoms with Gasteiger partial charge in [-0.05, 0) is 37.6 Å². The van der Waals surface area contributed by atoms with Crippen molar-refractivity contribution in [2.24, 2.45) is 5.92 Å². The van der Waals surface area contributed by atoms with Gasteiger partial charge in [-0.25, -0.2) is 0 Å². The highest BCUT2D eigenvalue weighted by molar-refractivity contribution is 7.09. The van der Waals surface area contributed by atoms with Crippen LogP contribution in [0, 0.1) is 5.92 Å². The van der Waals surface area contributed by atoms with Crippen molar-refractivity contribution in [3.8, 4) is 0 Å². The molecule has 0 spiro atoms. The predicted octanol–water partition coefficient (Wildman–Crippen LogP) is 0.687. The van der Waals surface area contributed by atoms with Crippen LogP contribution >= 0.6 is 11.5 Å². The Morgan fingerprint density at radius 1 is 1.64 bits per heavy atom. The quantitative estimate of drug-likeness (QED) is 0.800. The van der Waals surface area contributed by atoms with Crippen molar-refractivity contribution in [2.45, 2.75) is 12.8 Å². The highest BCUT2D eigenvalue weighted by atomic mass is 32.1. The monoisotopic (exact) mass is 213 g/mol. The molecule has 0 radical (unpaired) electrons. The van der Waals surface area contributed by atoms with Crippen LogP contribution in [-0.4, -0.2) is 46.4 Å². The zero-order valence-corrected chi connectivity index (χ0v) is 9.13. The van der Waals surface area contributed by atoms with Crippen molar-refractivity contribution in [2.75, 3.05) is 32.0 Å². The first kappa shape index (κ1) is 9.79. The second kappa shape index (κ2) is 4.65. The van der Waals surface area contributed by atoms with Gasteiger partial charge in [-0.2, -0.15) is 0 Å². The van der Waals surface area contributed by atoms with Crippen molar-refractivity contribution in [1.82, 2.24) is 19.7 Å². The van der Waals surface area contributed by atoms with E-state index in [0.29, 0.717) is 0 Å². The average Bonchev–Trinajstić information content (AvgIpc) is 2.67. The van der Waals surface area contributed by atoms with Gasteiger partial charge in [-0.3, -0.25) is 0 Å². The maximum absolute atomic E-state index is 3.85. The molecule has 1 aromatic heterocycles. The molecule has 0 saturated carbocycles. The SMILES string of the molecule is CN1CCCC(CNc2nnns2)C1. The van der Waals surface area contributed by atoms with Crippen LogP contribution in [0.15, 0.2) is 0 Å². The van der Waals surface area contributed by atoms with Crippen LogP contribution in [0.1, 0.15) is 12.8 Å². The first-order chi connectivity index (χ1) is 6.84. The summed E-state index contributed by atoms with van der Waals surface area (Å²) in [7, 11) is 2.18. The zero-order chi connectivity index (χ0) is 9.80. The molecule has 6 heteroatoms.